The van der Waals surface area contributed by atoms with Crippen molar-refractivity contribution >= 4 is 5.82 Å². The highest BCUT2D eigenvalue weighted by Gasteiger charge is 2.23. The highest BCUT2D eigenvalue weighted by Crippen LogP contribution is 2.21. The molecule has 2 aliphatic heterocycles. The SMILES string of the molecule is Fc1cccc(-c2ccc(N3CCN(Cc4nnc5n4CCC5)CC3)nn2)c1. The highest BCUT2D eigenvalue weighted by molar-refractivity contribution is 5.59. The van der Waals surface area contributed by atoms with Gasteiger partial charge in [-0.25, -0.2) is 4.39 Å². The van der Waals surface area contributed by atoms with Crippen molar-refractivity contribution in [3.05, 3.63) is 53.9 Å². The molecule has 0 atom stereocenters. The molecule has 8 heteroatoms. The lowest BCUT2D eigenvalue weighted by Gasteiger charge is -2.34. The Morgan fingerprint density at radius 2 is 1.79 bits per heavy atom. The molecule has 1 saturated heterocycles. The second kappa shape index (κ2) is 7.27. The van der Waals surface area contributed by atoms with E-state index in [0.717, 1.165) is 68.7 Å². The second-order valence-electron chi connectivity index (χ2n) is 7.34. The van der Waals surface area contributed by atoms with E-state index in [1.54, 1.807) is 6.07 Å². The molecule has 4 heterocycles. The number of anilines is 1. The maximum Gasteiger partial charge on any atom is 0.151 e. The van der Waals surface area contributed by atoms with Gasteiger partial charge in [0.1, 0.15) is 17.5 Å². The zero-order chi connectivity index (χ0) is 18.9. The van der Waals surface area contributed by atoms with Crippen molar-refractivity contribution in [2.45, 2.75) is 25.9 Å². The lowest BCUT2D eigenvalue weighted by Crippen LogP contribution is -2.46. The van der Waals surface area contributed by atoms with Crippen LogP contribution < -0.4 is 4.90 Å². The minimum atomic E-state index is -0.266. The summed E-state index contributed by atoms with van der Waals surface area (Å²) in [4.78, 5) is 4.66. The van der Waals surface area contributed by atoms with E-state index < -0.39 is 0 Å². The van der Waals surface area contributed by atoms with Crippen LogP contribution in [-0.2, 0) is 19.5 Å². The Morgan fingerprint density at radius 3 is 2.57 bits per heavy atom. The number of aromatic nitrogens is 5. The fourth-order valence-electron chi connectivity index (χ4n) is 3.96. The molecule has 7 nitrogen and oxygen atoms in total. The third-order valence-electron chi connectivity index (χ3n) is 5.52. The summed E-state index contributed by atoms with van der Waals surface area (Å²) in [5.41, 5.74) is 1.42. The van der Waals surface area contributed by atoms with Crippen molar-refractivity contribution in [2.24, 2.45) is 0 Å². The topological polar surface area (TPSA) is 63.0 Å². The van der Waals surface area contributed by atoms with Crippen molar-refractivity contribution in [3.63, 3.8) is 0 Å². The predicted octanol–water partition coefficient (Wildman–Crippen LogP) is 2.14. The molecule has 1 aromatic carbocycles. The second-order valence-corrected chi connectivity index (χ2v) is 7.34. The van der Waals surface area contributed by atoms with Gasteiger partial charge in [-0.05, 0) is 30.7 Å². The van der Waals surface area contributed by atoms with Crippen LogP contribution in [0.4, 0.5) is 10.2 Å². The molecule has 2 aliphatic rings. The van der Waals surface area contributed by atoms with E-state index in [1.165, 1.54) is 18.6 Å². The van der Waals surface area contributed by atoms with E-state index in [1.807, 2.05) is 18.2 Å². The van der Waals surface area contributed by atoms with Crippen molar-refractivity contribution in [2.75, 3.05) is 31.1 Å². The van der Waals surface area contributed by atoms with Crippen molar-refractivity contribution in [1.82, 2.24) is 29.9 Å². The van der Waals surface area contributed by atoms with E-state index in [0.29, 0.717) is 5.69 Å². The van der Waals surface area contributed by atoms with E-state index >= 15 is 0 Å². The Labute approximate surface area is 162 Å². The first-order valence-corrected chi connectivity index (χ1v) is 9.74. The molecule has 0 unspecified atom stereocenters. The Morgan fingerprint density at radius 1 is 0.893 bits per heavy atom. The molecule has 144 valence electrons. The van der Waals surface area contributed by atoms with Gasteiger partial charge in [0.15, 0.2) is 5.82 Å². The largest absolute Gasteiger partial charge is 0.353 e. The van der Waals surface area contributed by atoms with Crippen LogP contribution in [0.25, 0.3) is 11.3 Å². The molecule has 1 fully saturated rings. The number of benzene rings is 1. The number of hydrogen-bond acceptors (Lipinski definition) is 6. The number of rotatable bonds is 4. The average Bonchev–Trinajstić information content (AvgIpc) is 3.34. The molecule has 0 aliphatic carbocycles. The minimum Gasteiger partial charge on any atom is -0.353 e. The maximum atomic E-state index is 13.4. The summed E-state index contributed by atoms with van der Waals surface area (Å²) >= 11 is 0. The Balaban J connectivity index is 1.21. The molecular weight excluding hydrogens is 357 g/mol. The van der Waals surface area contributed by atoms with Crippen LogP contribution in [0, 0.1) is 5.82 Å². The fourth-order valence-corrected chi connectivity index (χ4v) is 3.96. The zero-order valence-corrected chi connectivity index (χ0v) is 15.6. The van der Waals surface area contributed by atoms with Crippen LogP contribution in [-0.4, -0.2) is 56.0 Å². The number of fused-ring (bicyclic) bond motifs is 1. The molecule has 28 heavy (non-hydrogen) atoms. The molecule has 0 N–H and O–H groups in total. The van der Waals surface area contributed by atoms with Crippen LogP contribution in [0.15, 0.2) is 36.4 Å². The Kier molecular flexibility index (Phi) is 4.48. The maximum absolute atomic E-state index is 13.4. The molecule has 5 rings (SSSR count). The Hall–Kier alpha value is -2.87. The van der Waals surface area contributed by atoms with Gasteiger partial charge in [0.25, 0.3) is 0 Å². The number of hydrogen-bond donors (Lipinski definition) is 0. The quantitative estimate of drug-likeness (QED) is 0.692. The third-order valence-corrected chi connectivity index (χ3v) is 5.52. The summed E-state index contributed by atoms with van der Waals surface area (Å²) < 4.78 is 15.7. The molecule has 0 radical (unpaired) electrons. The van der Waals surface area contributed by atoms with Crippen molar-refractivity contribution in [3.8, 4) is 11.3 Å². The summed E-state index contributed by atoms with van der Waals surface area (Å²) in [6.07, 6.45) is 2.22. The van der Waals surface area contributed by atoms with Crippen LogP contribution in [0.2, 0.25) is 0 Å². The zero-order valence-electron chi connectivity index (χ0n) is 15.6. The number of aryl methyl sites for hydroxylation is 1. The van der Waals surface area contributed by atoms with Gasteiger partial charge in [0.05, 0.1) is 12.2 Å². The molecule has 2 aromatic heterocycles. The number of nitrogens with zero attached hydrogens (tertiary/aromatic N) is 7. The van der Waals surface area contributed by atoms with Gasteiger partial charge in [-0.1, -0.05) is 12.1 Å². The van der Waals surface area contributed by atoms with Gasteiger partial charge < -0.3 is 9.47 Å². The minimum absolute atomic E-state index is 0.266. The first-order valence-electron chi connectivity index (χ1n) is 9.74. The van der Waals surface area contributed by atoms with E-state index in [2.05, 4.69) is 34.8 Å². The number of halogens is 1. The first-order chi connectivity index (χ1) is 13.8. The summed E-state index contributed by atoms with van der Waals surface area (Å²) in [7, 11) is 0. The molecule has 0 bridgehead atoms. The van der Waals surface area contributed by atoms with E-state index in [4.69, 9.17) is 0 Å². The summed E-state index contributed by atoms with van der Waals surface area (Å²) in [6, 6.07) is 10.3. The van der Waals surface area contributed by atoms with Gasteiger partial charge in [-0.15, -0.1) is 20.4 Å². The first kappa shape index (κ1) is 17.2. The van der Waals surface area contributed by atoms with Crippen molar-refractivity contribution in [1.29, 1.82) is 0 Å². The predicted molar refractivity (Wildman–Crippen MR) is 103 cm³/mol. The third kappa shape index (κ3) is 3.35. The van der Waals surface area contributed by atoms with Crippen LogP contribution in [0.3, 0.4) is 0 Å². The summed E-state index contributed by atoms with van der Waals surface area (Å²) in [6.45, 7) is 5.60. The molecule has 0 saturated carbocycles. The van der Waals surface area contributed by atoms with Gasteiger partial charge in [0.2, 0.25) is 0 Å². The standard InChI is InChI=1S/C20H22FN7/c21-16-4-1-3-15(13-16)17-6-7-18(23-22-17)27-11-9-26(10-12-27)14-20-25-24-19-5-2-8-28(19)20/h1,3-4,6-7,13H,2,5,8-12,14H2. The van der Waals surface area contributed by atoms with Crippen molar-refractivity contribution < 1.29 is 4.39 Å². The average molecular weight is 379 g/mol. The Bertz CT molecular complexity index is 961. The van der Waals surface area contributed by atoms with Crippen LogP contribution in [0.5, 0.6) is 0 Å². The van der Waals surface area contributed by atoms with E-state index in [9.17, 15) is 4.39 Å². The molecular formula is C20H22FN7. The lowest BCUT2D eigenvalue weighted by molar-refractivity contribution is 0.240. The molecule has 3 aromatic rings. The monoisotopic (exact) mass is 379 g/mol. The highest BCUT2D eigenvalue weighted by atomic mass is 19.1. The van der Waals surface area contributed by atoms with Gasteiger partial charge in [0, 0.05) is 44.7 Å². The lowest BCUT2D eigenvalue weighted by atomic mass is 10.1. The normalized spacial score (nSPS) is 17.1. The number of piperazine rings is 1. The molecule has 0 amide bonds. The smallest absolute Gasteiger partial charge is 0.151 e. The fraction of sp³-hybridized carbons (Fsp3) is 0.400. The van der Waals surface area contributed by atoms with Gasteiger partial charge in [-0.3, -0.25) is 4.90 Å². The summed E-state index contributed by atoms with van der Waals surface area (Å²) in [5, 5.41) is 17.3. The van der Waals surface area contributed by atoms with Gasteiger partial charge in [-0.2, -0.15) is 0 Å². The summed E-state index contributed by atoms with van der Waals surface area (Å²) in [5.74, 6) is 2.81. The van der Waals surface area contributed by atoms with Gasteiger partial charge >= 0.3 is 0 Å². The van der Waals surface area contributed by atoms with E-state index in [-0.39, 0.29) is 5.82 Å². The van der Waals surface area contributed by atoms with Crippen LogP contribution >= 0.6 is 0 Å². The molecule has 0 spiro atoms. The van der Waals surface area contributed by atoms with Crippen LogP contribution in [0.1, 0.15) is 18.1 Å².